The van der Waals surface area contributed by atoms with Gasteiger partial charge in [0.15, 0.2) is 0 Å². The highest BCUT2D eigenvalue weighted by Crippen LogP contribution is 2.07. The molecule has 16 heavy (non-hydrogen) atoms. The van der Waals surface area contributed by atoms with Gasteiger partial charge in [-0.25, -0.2) is 0 Å². The van der Waals surface area contributed by atoms with Gasteiger partial charge in [0.25, 0.3) is 0 Å². The third kappa shape index (κ3) is 11.8. The molecular weight excluding hydrogens is 224 g/mol. The lowest BCUT2D eigenvalue weighted by Gasteiger charge is -2.04. The van der Waals surface area contributed by atoms with Gasteiger partial charge < -0.3 is 4.74 Å². The predicted octanol–water partition coefficient (Wildman–Crippen LogP) is 4.30. The van der Waals surface area contributed by atoms with E-state index in [-0.39, 0.29) is 5.97 Å². The molecule has 0 aliphatic carbocycles. The van der Waals surface area contributed by atoms with Crippen LogP contribution in [0.25, 0.3) is 0 Å². The van der Waals surface area contributed by atoms with Crippen molar-refractivity contribution >= 4 is 17.6 Å². The minimum atomic E-state index is -0.0509. The number of hydrogen-bond donors (Lipinski definition) is 0. The fourth-order valence-corrected chi connectivity index (χ4v) is 1.69. The number of carbonyl (C=O) groups excluding carboxylic acids is 1. The minimum absolute atomic E-state index is 0.0509. The van der Waals surface area contributed by atoms with Gasteiger partial charge in [0, 0.05) is 12.3 Å². The fourth-order valence-electron chi connectivity index (χ4n) is 1.50. The second kappa shape index (κ2) is 12.8. The quantitative estimate of drug-likeness (QED) is 0.310. The van der Waals surface area contributed by atoms with Gasteiger partial charge in [0.2, 0.25) is 0 Å². The van der Waals surface area contributed by atoms with Crippen molar-refractivity contribution in [2.45, 2.75) is 64.7 Å². The maximum Gasteiger partial charge on any atom is 0.305 e. The molecule has 0 N–H and O–H groups in total. The molecule has 2 nitrogen and oxygen atoms in total. The van der Waals surface area contributed by atoms with Gasteiger partial charge in [0.1, 0.15) is 0 Å². The number of hydrogen-bond acceptors (Lipinski definition) is 2. The number of rotatable bonds is 11. The largest absolute Gasteiger partial charge is 0.466 e. The molecule has 3 heteroatoms. The van der Waals surface area contributed by atoms with E-state index in [1.807, 2.05) is 0 Å². The molecule has 0 atom stereocenters. The number of ether oxygens (including phenoxy) is 1. The van der Waals surface area contributed by atoms with Gasteiger partial charge in [-0.15, -0.1) is 11.6 Å². The van der Waals surface area contributed by atoms with Crippen LogP contribution in [-0.2, 0) is 9.53 Å². The highest BCUT2D eigenvalue weighted by molar-refractivity contribution is 6.17. The molecule has 0 heterocycles. The summed E-state index contributed by atoms with van der Waals surface area (Å²) in [5.41, 5.74) is 0. The zero-order chi connectivity index (χ0) is 12.1. The van der Waals surface area contributed by atoms with Crippen LogP contribution >= 0.6 is 11.6 Å². The molecule has 0 aromatic heterocycles. The van der Waals surface area contributed by atoms with Crippen molar-refractivity contribution in [3.05, 3.63) is 0 Å². The SMILES string of the molecule is CCCCCCCCC(=O)OCCCCCl. The molecule has 0 unspecified atom stereocenters. The summed E-state index contributed by atoms with van der Waals surface area (Å²) >= 11 is 5.52. The summed E-state index contributed by atoms with van der Waals surface area (Å²) in [7, 11) is 0. The smallest absolute Gasteiger partial charge is 0.305 e. The van der Waals surface area contributed by atoms with E-state index in [1.54, 1.807) is 0 Å². The number of unbranched alkanes of at least 4 members (excludes halogenated alkanes) is 6. The van der Waals surface area contributed by atoms with E-state index in [0.717, 1.165) is 25.7 Å². The van der Waals surface area contributed by atoms with E-state index < -0.39 is 0 Å². The summed E-state index contributed by atoms with van der Waals surface area (Å²) in [4.78, 5) is 11.2. The van der Waals surface area contributed by atoms with Crippen molar-refractivity contribution < 1.29 is 9.53 Å². The Hall–Kier alpha value is -0.240. The number of carbonyl (C=O) groups is 1. The highest BCUT2D eigenvalue weighted by atomic mass is 35.5. The van der Waals surface area contributed by atoms with Crippen LogP contribution in [0.1, 0.15) is 64.7 Å². The summed E-state index contributed by atoms with van der Waals surface area (Å²) < 4.78 is 5.07. The second-order valence-electron chi connectivity index (χ2n) is 4.13. The Morgan fingerprint density at radius 1 is 1.00 bits per heavy atom. The Morgan fingerprint density at radius 3 is 2.38 bits per heavy atom. The third-order valence-electron chi connectivity index (χ3n) is 2.53. The second-order valence-corrected chi connectivity index (χ2v) is 4.51. The molecule has 0 aromatic carbocycles. The lowest BCUT2D eigenvalue weighted by Crippen LogP contribution is -2.05. The molecule has 0 saturated carbocycles. The van der Waals surface area contributed by atoms with Crippen LogP contribution < -0.4 is 0 Å². The number of alkyl halides is 1. The van der Waals surface area contributed by atoms with Crippen molar-refractivity contribution in [1.82, 2.24) is 0 Å². The first-order valence-corrected chi connectivity index (χ1v) is 7.06. The van der Waals surface area contributed by atoms with Gasteiger partial charge in [-0.3, -0.25) is 4.79 Å². The summed E-state index contributed by atoms with van der Waals surface area (Å²) in [5, 5.41) is 0. The molecule has 0 radical (unpaired) electrons. The zero-order valence-corrected chi connectivity index (χ0v) is 11.2. The topological polar surface area (TPSA) is 26.3 Å². The molecule has 0 aliphatic heterocycles. The first-order chi connectivity index (χ1) is 7.81. The van der Waals surface area contributed by atoms with E-state index >= 15 is 0 Å². The molecule has 96 valence electrons. The third-order valence-corrected chi connectivity index (χ3v) is 2.79. The first kappa shape index (κ1) is 15.8. The van der Waals surface area contributed by atoms with Crippen LogP contribution in [0.5, 0.6) is 0 Å². The van der Waals surface area contributed by atoms with Crippen LogP contribution in [0.3, 0.4) is 0 Å². The van der Waals surface area contributed by atoms with E-state index in [9.17, 15) is 4.79 Å². The van der Waals surface area contributed by atoms with Crippen molar-refractivity contribution in [1.29, 1.82) is 0 Å². The summed E-state index contributed by atoms with van der Waals surface area (Å²) in [6.45, 7) is 2.74. The van der Waals surface area contributed by atoms with Crippen LogP contribution in [0, 0.1) is 0 Å². The Kier molecular flexibility index (Phi) is 12.6. The highest BCUT2D eigenvalue weighted by Gasteiger charge is 2.01. The number of halogens is 1. The Bertz CT molecular complexity index is 160. The van der Waals surface area contributed by atoms with E-state index in [4.69, 9.17) is 16.3 Å². The van der Waals surface area contributed by atoms with Gasteiger partial charge in [-0.05, 0) is 19.3 Å². The Balaban J connectivity index is 3.11. The standard InChI is InChI=1S/C13H25ClO2/c1-2-3-4-5-6-7-10-13(15)16-12-9-8-11-14/h2-12H2,1H3. The normalized spacial score (nSPS) is 10.4. The lowest BCUT2D eigenvalue weighted by atomic mass is 10.1. The fraction of sp³-hybridized carbons (Fsp3) is 0.923. The van der Waals surface area contributed by atoms with Crippen LogP contribution in [-0.4, -0.2) is 18.5 Å². The Morgan fingerprint density at radius 2 is 1.69 bits per heavy atom. The number of esters is 1. The summed E-state index contributed by atoms with van der Waals surface area (Å²) in [5.74, 6) is 0.597. The monoisotopic (exact) mass is 248 g/mol. The maximum absolute atomic E-state index is 11.2. The molecule has 0 amide bonds. The maximum atomic E-state index is 11.2. The molecule has 0 aliphatic rings. The minimum Gasteiger partial charge on any atom is -0.466 e. The molecule has 0 fully saturated rings. The van der Waals surface area contributed by atoms with Crippen LogP contribution in [0.15, 0.2) is 0 Å². The molecule has 0 aromatic rings. The molecular formula is C13H25ClO2. The molecule has 0 bridgehead atoms. The van der Waals surface area contributed by atoms with Crippen molar-refractivity contribution in [3.63, 3.8) is 0 Å². The van der Waals surface area contributed by atoms with Crippen molar-refractivity contribution in [3.8, 4) is 0 Å². The van der Waals surface area contributed by atoms with Crippen LogP contribution in [0.2, 0.25) is 0 Å². The molecule has 0 spiro atoms. The average Bonchev–Trinajstić information content (AvgIpc) is 2.29. The zero-order valence-electron chi connectivity index (χ0n) is 10.5. The first-order valence-electron chi connectivity index (χ1n) is 6.52. The van der Waals surface area contributed by atoms with E-state index in [2.05, 4.69) is 6.92 Å². The summed E-state index contributed by atoms with van der Waals surface area (Å²) in [6.07, 6.45) is 9.61. The van der Waals surface area contributed by atoms with E-state index in [1.165, 1.54) is 25.7 Å². The van der Waals surface area contributed by atoms with Crippen molar-refractivity contribution in [2.75, 3.05) is 12.5 Å². The predicted molar refractivity (Wildman–Crippen MR) is 68.9 cm³/mol. The van der Waals surface area contributed by atoms with Gasteiger partial charge in [0.05, 0.1) is 6.61 Å². The Labute approximate surface area is 105 Å². The van der Waals surface area contributed by atoms with Crippen molar-refractivity contribution in [2.24, 2.45) is 0 Å². The van der Waals surface area contributed by atoms with Gasteiger partial charge in [-0.1, -0.05) is 39.0 Å². The van der Waals surface area contributed by atoms with E-state index in [0.29, 0.717) is 18.9 Å². The van der Waals surface area contributed by atoms with Crippen LogP contribution in [0.4, 0.5) is 0 Å². The van der Waals surface area contributed by atoms with Gasteiger partial charge in [-0.2, -0.15) is 0 Å². The molecule has 0 rings (SSSR count). The average molecular weight is 249 g/mol. The summed E-state index contributed by atoms with van der Waals surface area (Å²) in [6, 6.07) is 0. The lowest BCUT2D eigenvalue weighted by molar-refractivity contribution is -0.143. The van der Waals surface area contributed by atoms with Gasteiger partial charge >= 0.3 is 5.97 Å². The molecule has 0 saturated heterocycles.